The predicted molar refractivity (Wildman–Crippen MR) is 148 cm³/mol. The van der Waals surface area contributed by atoms with Crippen LogP contribution in [0.5, 0.6) is 17.2 Å². The summed E-state index contributed by atoms with van der Waals surface area (Å²) in [5.41, 5.74) is 1.33. The molecule has 2 amide bonds. The molecule has 6 nitrogen and oxygen atoms in total. The summed E-state index contributed by atoms with van der Waals surface area (Å²) < 4.78 is 16.7. The minimum Gasteiger partial charge on any atom is -0.493 e. The molecular weight excluding hydrogens is 580 g/mol. The third-order valence-corrected chi connectivity index (χ3v) is 7.41. The summed E-state index contributed by atoms with van der Waals surface area (Å²) in [7, 11) is 1.54. The van der Waals surface area contributed by atoms with Crippen LogP contribution in [0.15, 0.2) is 59.5 Å². The Kier molecular flexibility index (Phi) is 9.16. The highest BCUT2D eigenvalue weighted by atomic mass is 35.5. The molecule has 0 spiro atoms. The lowest BCUT2D eigenvalue weighted by Crippen LogP contribution is -2.32. The molecule has 4 rings (SSSR count). The van der Waals surface area contributed by atoms with Crippen LogP contribution in [0.2, 0.25) is 20.1 Å². The molecule has 1 fully saturated rings. The molecule has 0 unspecified atom stereocenters. The number of benzene rings is 3. The van der Waals surface area contributed by atoms with E-state index in [2.05, 4.69) is 0 Å². The first-order chi connectivity index (χ1) is 17.8. The normalized spacial score (nSPS) is 14.4. The zero-order chi connectivity index (χ0) is 26.5. The number of nitrogens with zero attached hydrogens (tertiary/aromatic N) is 1. The van der Waals surface area contributed by atoms with Gasteiger partial charge in [0.1, 0.15) is 13.2 Å². The van der Waals surface area contributed by atoms with E-state index in [1.54, 1.807) is 54.6 Å². The van der Waals surface area contributed by atoms with Gasteiger partial charge in [-0.05, 0) is 65.4 Å². The molecule has 1 saturated heterocycles. The van der Waals surface area contributed by atoms with Crippen LogP contribution >= 0.6 is 58.2 Å². The first-order valence-corrected chi connectivity index (χ1v) is 13.2. The largest absolute Gasteiger partial charge is 0.493 e. The molecule has 0 aliphatic carbocycles. The number of hydrogen-bond donors (Lipinski definition) is 0. The van der Waals surface area contributed by atoms with Gasteiger partial charge in [-0.25, -0.2) is 0 Å². The summed E-state index contributed by atoms with van der Waals surface area (Å²) >= 11 is 25.6. The Hall–Kier alpha value is -2.55. The van der Waals surface area contributed by atoms with Crippen molar-refractivity contribution in [2.75, 3.05) is 20.3 Å². The van der Waals surface area contributed by atoms with Gasteiger partial charge in [0, 0.05) is 0 Å². The second-order valence-corrected chi connectivity index (χ2v) is 10.3. The molecule has 0 radical (unpaired) electrons. The third-order valence-electron chi connectivity index (χ3n) is 5.20. The number of carbonyl (C=O) groups excluding carboxylic acids is 2. The van der Waals surface area contributed by atoms with Gasteiger partial charge in [0.15, 0.2) is 17.2 Å². The highest BCUT2D eigenvalue weighted by Gasteiger charge is 2.35. The average Bonchev–Trinajstić information content (AvgIpc) is 3.13. The third kappa shape index (κ3) is 6.67. The van der Waals surface area contributed by atoms with E-state index in [4.69, 9.17) is 60.6 Å². The van der Waals surface area contributed by atoms with Crippen molar-refractivity contribution < 1.29 is 23.8 Å². The molecule has 11 heteroatoms. The van der Waals surface area contributed by atoms with Crippen LogP contribution in [0.4, 0.5) is 4.79 Å². The fourth-order valence-electron chi connectivity index (χ4n) is 3.41. The number of carbonyl (C=O) groups is 2. The maximum Gasteiger partial charge on any atom is 0.293 e. The van der Waals surface area contributed by atoms with Crippen LogP contribution in [-0.4, -0.2) is 36.3 Å². The average molecular weight is 599 g/mol. The Bertz CT molecular complexity index is 1360. The Labute approximate surface area is 238 Å². The number of halogens is 4. The lowest BCUT2D eigenvalue weighted by atomic mass is 10.2. The van der Waals surface area contributed by atoms with Crippen LogP contribution < -0.4 is 14.2 Å². The van der Waals surface area contributed by atoms with Crippen LogP contribution in [0.3, 0.4) is 0 Å². The Morgan fingerprint density at radius 3 is 2.24 bits per heavy atom. The van der Waals surface area contributed by atoms with Gasteiger partial charge in [0.2, 0.25) is 0 Å². The lowest BCUT2D eigenvalue weighted by Gasteiger charge is -2.14. The molecule has 1 aliphatic rings. The van der Waals surface area contributed by atoms with Gasteiger partial charge in [0.05, 0.1) is 38.7 Å². The summed E-state index contributed by atoms with van der Waals surface area (Å²) in [6.07, 6.45) is 1.56. The lowest BCUT2D eigenvalue weighted by molar-refractivity contribution is -0.123. The molecule has 3 aromatic carbocycles. The predicted octanol–water partition coefficient (Wildman–Crippen LogP) is 8.00. The number of imide groups is 1. The topological polar surface area (TPSA) is 65.1 Å². The first-order valence-electron chi connectivity index (χ1n) is 10.8. The number of amides is 2. The van der Waals surface area contributed by atoms with Gasteiger partial charge in [-0.15, -0.1) is 0 Å². The van der Waals surface area contributed by atoms with E-state index >= 15 is 0 Å². The van der Waals surface area contributed by atoms with E-state index in [1.165, 1.54) is 7.11 Å². The molecule has 0 bridgehead atoms. The van der Waals surface area contributed by atoms with Gasteiger partial charge in [-0.1, -0.05) is 64.6 Å². The molecule has 0 aromatic heterocycles. The summed E-state index contributed by atoms with van der Waals surface area (Å²) in [6, 6.07) is 15.5. The quantitative estimate of drug-likeness (QED) is 0.232. The maximum atomic E-state index is 12.9. The highest BCUT2D eigenvalue weighted by molar-refractivity contribution is 8.18. The van der Waals surface area contributed by atoms with E-state index in [9.17, 15) is 9.59 Å². The second-order valence-electron chi connectivity index (χ2n) is 7.68. The van der Waals surface area contributed by atoms with Gasteiger partial charge in [-0.3, -0.25) is 14.5 Å². The zero-order valence-electron chi connectivity index (χ0n) is 19.3. The van der Waals surface area contributed by atoms with Crippen molar-refractivity contribution in [1.29, 1.82) is 0 Å². The molecule has 3 aromatic rings. The summed E-state index contributed by atoms with van der Waals surface area (Å²) in [6.45, 7) is 0.378. The summed E-state index contributed by atoms with van der Waals surface area (Å²) in [5, 5.41) is 0.972. The number of rotatable bonds is 9. The molecule has 1 aliphatic heterocycles. The smallest absolute Gasteiger partial charge is 0.293 e. The van der Waals surface area contributed by atoms with E-state index in [0.717, 1.165) is 22.2 Å². The van der Waals surface area contributed by atoms with Gasteiger partial charge < -0.3 is 14.2 Å². The van der Waals surface area contributed by atoms with E-state index in [-0.39, 0.29) is 40.5 Å². The Morgan fingerprint density at radius 1 is 0.865 bits per heavy atom. The van der Waals surface area contributed by atoms with Crippen molar-refractivity contribution in [2.45, 2.75) is 6.61 Å². The van der Waals surface area contributed by atoms with Crippen molar-refractivity contribution in [3.63, 3.8) is 0 Å². The van der Waals surface area contributed by atoms with Crippen LogP contribution in [-0.2, 0) is 11.4 Å². The fourth-order valence-corrected chi connectivity index (χ4v) is 5.21. The minimum absolute atomic E-state index is 0.0864. The molecule has 0 N–H and O–H groups in total. The monoisotopic (exact) mass is 597 g/mol. The number of ether oxygens (including phenoxy) is 3. The van der Waals surface area contributed by atoms with Gasteiger partial charge >= 0.3 is 0 Å². The molecular formula is C26H19Cl4NO5S. The molecule has 0 saturated carbocycles. The van der Waals surface area contributed by atoms with Crippen molar-refractivity contribution in [3.8, 4) is 17.2 Å². The van der Waals surface area contributed by atoms with E-state index in [0.29, 0.717) is 27.1 Å². The Balaban J connectivity index is 1.41. The van der Waals surface area contributed by atoms with Gasteiger partial charge in [0.25, 0.3) is 11.1 Å². The Morgan fingerprint density at radius 2 is 1.57 bits per heavy atom. The minimum atomic E-state index is -0.425. The molecule has 37 heavy (non-hydrogen) atoms. The van der Waals surface area contributed by atoms with Crippen molar-refractivity contribution in [3.05, 3.63) is 90.7 Å². The fraction of sp³-hybridized carbons (Fsp3) is 0.154. The van der Waals surface area contributed by atoms with E-state index in [1.807, 2.05) is 6.07 Å². The zero-order valence-corrected chi connectivity index (χ0v) is 23.1. The van der Waals surface area contributed by atoms with Crippen molar-refractivity contribution >= 4 is 75.4 Å². The van der Waals surface area contributed by atoms with E-state index < -0.39 is 11.1 Å². The van der Waals surface area contributed by atoms with Crippen LogP contribution in [0.1, 0.15) is 11.1 Å². The number of hydrogen-bond acceptors (Lipinski definition) is 6. The molecule has 192 valence electrons. The summed E-state index contributed by atoms with van der Waals surface area (Å²) in [5.74, 6) is 0.951. The van der Waals surface area contributed by atoms with Gasteiger partial charge in [-0.2, -0.15) is 0 Å². The summed E-state index contributed by atoms with van der Waals surface area (Å²) in [4.78, 5) is 26.7. The molecule has 1 heterocycles. The number of methoxy groups -OCH3 is 1. The number of thioether (sulfide) groups is 1. The SMILES string of the molecule is COc1ccccc1OCCN1C(=O)S/C(=C\c2cc(Cl)c(OCc3ccc(Cl)c(Cl)c3)c(Cl)c2)C1=O. The van der Waals surface area contributed by atoms with Crippen LogP contribution in [0, 0.1) is 0 Å². The first kappa shape index (κ1) is 27.5. The van der Waals surface area contributed by atoms with Crippen molar-refractivity contribution in [1.82, 2.24) is 4.90 Å². The highest BCUT2D eigenvalue weighted by Crippen LogP contribution is 2.38. The van der Waals surface area contributed by atoms with Crippen LogP contribution in [0.25, 0.3) is 6.08 Å². The standard InChI is InChI=1S/C26H19Cl4NO5S/c1-34-21-4-2-3-5-22(21)35-9-8-31-25(32)23(37-26(31)33)13-16-11-19(29)24(20(30)12-16)36-14-15-6-7-17(27)18(28)10-15/h2-7,10-13H,8-9,14H2,1H3/b23-13-. The second kappa shape index (κ2) is 12.3. The maximum absolute atomic E-state index is 12.9. The van der Waals surface area contributed by atoms with Crippen molar-refractivity contribution in [2.24, 2.45) is 0 Å². The number of para-hydroxylation sites is 2. The molecule has 0 atom stereocenters.